The number of hydrogen-bond acceptors (Lipinski definition) is 3. The Bertz CT molecular complexity index is 449. The monoisotopic (exact) mass is 281 g/mol. The van der Waals surface area contributed by atoms with Gasteiger partial charge in [-0.15, -0.1) is 0 Å². The summed E-state index contributed by atoms with van der Waals surface area (Å²) in [5.41, 5.74) is 0.306. The quantitative estimate of drug-likeness (QED) is 0.835. The van der Waals surface area contributed by atoms with Gasteiger partial charge in [-0.2, -0.15) is 0 Å². The fraction of sp³-hybridized carbons (Fsp3) is 0.600. The Balaban J connectivity index is 3.02. The summed E-state index contributed by atoms with van der Waals surface area (Å²) in [5.74, 6) is 0.163. The number of amides is 1. The summed E-state index contributed by atoms with van der Waals surface area (Å²) in [7, 11) is 0. The molecule has 1 heterocycles. The molecule has 0 saturated carbocycles. The molecule has 0 spiro atoms. The van der Waals surface area contributed by atoms with E-state index in [4.69, 9.17) is 0 Å². The highest BCUT2D eigenvalue weighted by molar-refractivity contribution is 5.98. The topological polar surface area (TPSA) is 45.2 Å². The maximum atomic E-state index is 13.4. The zero-order valence-electron chi connectivity index (χ0n) is 12.7. The van der Waals surface area contributed by atoms with E-state index in [1.807, 2.05) is 13.8 Å². The Hall–Kier alpha value is -1.65. The lowest BCUT2D eigenvalue weighted by Crippen LogP contribution is -2.34. The van der Waals surface area contributed by atoms with Gasteiger partial charge in [-0.25, -0.2) is 9.37 Å². The van der Waals surface area contributed by atoms with Crippen molar-refractivity contribution in [3.63, 3.8) is 0 Å². The summed E-state index contributed by atoms with van der Waals surface area (Å²) in [6, 6.07) is 1.26. The van der Waals surface area contributed by atoms with Crippen LogP contribution < -0.4 is 5.32 Å². The number of nitrogens with zero attached hydrogens (tertiary/aromatic N) is 2. The fourth-order valence-electron chi connectivity index (χ4n) is 1.95. The second kappa shape index (κ2) is 7.82. The number of nitrogens with one attached hydrogen (secondary N) is 1. The fourth-order valence-corrected chi connectivity index (χ4v) is 1.95. The van der Waals surface area contributed by atoms with Crippen molar-refractivity contribution >= 4 is 11.7 Å². The molecule has 1 amide bonds. The Morgan fingerprint density at radius 3 is 2.70 bits per heavy atom. The Labute approximate surface area is 120 Å². The third-order valence-electron chi connectivity index (χ3n) is 2.88. The first-order chi connectivity index (χ1) is 9.49. The van der Waals surface area contributed by atoms with Crippen LogP contribution >= 0.6 is 0 Å². The molecule has 0 aliphatic carbocycles. The van der Waals surface area contributed by atoms with E-state index in [9.17, 15) is 9.18 Å². The van der Waals surface area contributed by atoms with Crippen LogP contribution in [0.4, 0.5) is 10.2 Å². The lowest BCUT2D eigenvalue weighted by atomic mass is 10.1. The third kappa shape index (κ3) is 4.47. The molecular weight excluding hydrogens is 257 g/mol. The molecule has 0 aliphatic rings. The summed E-state index contributed by atoms with van der Waals surface area (Å²) in [6.07, 6.45) is 2.05. The average molecular weight is 281 g/mol. The molecule has 1 N–H and O–H groups in total. The molecular formula is C15H24FN3O. The lowest BCUT2D eigenvalue weighted by Gasteiger charge is -2.24. The van der Waals surface area contributed by atoms with Crippen LogP contribution in [0.1, 0.15) is 44.5 Å². The molecule has 4 nitrogen and oxygen atoms in total. The van der Waals surface area contributed by atoms with Crippen LogP contribution in [0.25, 0.3) is 0 Å². The van der Waals surface area contributed by atoms with Crippen molar-refractivity contribution in [2.24, 2.45) is 5.92 Å². The van der Waals surface area contributed by atoms with Crippen molar-refractivity contribution in [3.8, 4) is 0 Å². The molecule has 5 heteroatoms. The zero-order chi connectivity index (χ0) is 15.1. The van der Waals surface area contributed by atoms with Gasteiger partial charge in [-0.3, -0.25) is 4.79 Å². The first-order valence-electron chi connectivity index (χ1n) is 7.18. The molecule has 1 aromatic heterocycles. The van der Waals surface area contributed by atoms with Crippen LogP contribution in [0.15, 0.2) is 12.3 Å². The molecule has 0 radical (unpaired) electrons. The number of rotatable bonds is 7. The Morgan fingerprint density at radius 1 is 1.45 bits per heavy atom. The first kappa shape index (κ1) is 16.4. The number of hydrogen-bond donors (Lipinski definition) is 1. The van der Waals surface area contributed by atoms with E-state index in [-0.39, 0.29) is 5.91 Å². The van der Waals surface area contributed by atoms with Gasteiger partial charge in [-0.1, -0.05) is 20.8 Å². The maximum absolute atomic E-state index is 13.4. The van der Waals surface area contributed by atoms with Crippen molar-refractivity contribution in [3.05, 3.63) is 23.6 Å². The molecule has 0 fully saturated rings. The molecule has 1 aromatic rings. The van der Waals surface area contributed by atoms with Crippen LogP contribution in [0.3, 0.4) is 0 Å². The van der Waals surface area contributed by atoms with Gasteiger partial charge in [0.2, 0.25) is 0 Å². The summed E-state index contributed by atoms with van der Waals surface area (Å²) in [4.78, 5) is 18.2. The van der Waals surface area contributed by atoms with Gasteiger partial charge in [0.1, 0.15) is 11.6 Å². The minimum absolute atomic E-state index is 0.174. The second-order valence-corrected chi connectivity index (χ2v) is 5.21. The molecule has 0 saturated heterocycles. The van der Waals surface area contributed by atoms with Gasteiger partial charge in [-0.05, 0) is 25.3 Å². The van der Waals surface area contributed by atoms with Crippen molar-refractivity contribution in [2.75, 3.05) is 25.0 Å². The van der Waals surface area contributed by atoms with Gasteiger partial charge in [0.05, 0.1) is 11.8 Å². The average Bonchev–Trinajstić information content (AvgIpc) is 2.42. The highest BCUT2D eigenvalue weighted by Gasteiger charge is 2.20. The van der Waals surface area contributed by atoms with E-state index in [0.717, 1.165) is 12.6 Å². The molecule has 0 atom stereocenters. The summed E-state index contributed by atoms with van der Waals surface area (Å²) in [5, 5.41) is 3.08. The van der Waals surface area contributed by atoms with Gasteiger partial charge in [0.15, 0.2) is 0 Å². The van der Waals surface area contributed by atoms with Gasteiger partial charge < -0.3 is 10.2 Å². The van der Waals surface area contributed by atoms with Crippen molar-refractivity contribution in [1.82, 2.24) is 9.88 Å². The summed E-state index contributed by atoms with van der Waals surface area (Å²) in [6.45, 7) is 10.0. The zero-order valence-corrected chi connectivity index (χ0v) is 12.7. The number of aromatic nitrogens is 1. The molecule has 0 aliphatic heterocycles. The molecule has 1 rings (SSSR count). The van der Waals surface area contributed by atoms with E-state index in [2.05, 4.69) is 24.1 Å². The van der Waals surface area contributed by atoms with E-state index in [1.54, 1.807) is 4.90 Å². The number of carbonyl (C=O) groups is 1. The van der Waals surface area contributed by atoms with Gasteiger partial charge in [0, 0.05) is 19.6 Å². The first-order valence-corrected chi connectivity index (χ1v) is 7.18. The summed E-state index contributed by atoms with van der Waals surface area (Å²) < 4.78 is 13.4. The minimum Gasteiger partial charge on any atom is -0.369 e. The molecule has 0 bridgehead atoms. The molecule has 112 valence electrons. The highest BCUT2D eigenvalue weighted by atomic mass is 19.1. The van der Waals surface area contributed by atoms with E-state index >= 15 is 0 Å². The van der Waals surface area contributed by atoms with Crippen molar-refractivity contribution in [2.45, 2.75) is 34.1 Å². The van der Waals surface area contributed by atoms with E-state index < -0.39 is 5.82 Å². The summed E-state index contributed by atoms with van der Waals surface area (Å²) >= 11 is 0. The number of anilines is 1. The SMILES string of the molecule is CCCNc1ncc(F)cc1C(=O)N(CC)CC(C)C. The van der Waals surface area contributed by atoms with Crippen molar-refractivity contribution in [1.29, 1.82) is 0 Å². The molecule has 20 heavy (non-hydrogen) atoms. The number of halogens is 1. The van der Waals surface area contributed by atoms with Crippen molar-refractivity contribution < 1.29 is 9.18 Å². The maximum Gasteiger partial charge on any atom is 0.257 e. The predicted molar refractivity (Wildman–Crippen MR) is 79.4 cm³/mol. The standard InChI is InChI=1S/C15H24FN3O/c1-5-7-17-14-13(8-12(16)9-18-14)15(20)19(6-2)10-11(3)4/h8-9,11H,5-7,10H2,1-4H3,(H,17,18). The third-order valence-corrected chi connectivity index (χ3v) is 2.88. The normalized spacial score (nSPS) is 10.7. The van der Waals surface area contributed by atoms with Crippen LogP contribution in [0.2, 0.25) is 0 Å². The molecule has 0 aromatic carbocycles. The van der Waals surface area contributed by atoms with Gasteiger partial charge in [0.25, 0.3) is 5.91 Å². The number of carbonyl (C=O) groups excluding carboxylic acids is 1. The van der Waals surface area contributed by atoms with E-state index in [1.165, 1.54) is 6.07 Å². The lowest BCUT2D eigenvalue weighted by molar-refractivity contribution is 0.0746. The Morgan fingerprint density at radius 2 is 2.15 bits per heavy atom. The minimum atomic E-state index is -0.490. The van der Waals surface area contributed by atoms with Gasteiger partial charge >= 0.3 is 0 Å². The van der Waals surface area contributed by atoms with Crippen LogP contribution in [-0.2, 0) is 0 Å². The predicted octanol–water partition coefficient (Wildman–Crippen LogP) is 3.16. The van der Waals surface area contributed by atoms with E-state index in [0.29, 0.717) is 36.9 Å². The number of pyridine rings is 1. The highest BCUT2D eigenvalue weighted by Crippen LogP contribution is 2.17. The second-order valence-electron chi connectivity index (χ2n) is 5.21. The van der Waals surface area contributed by atoms with Crippen LogP contribution in [-0.4, -0.2) is 35.4 Å². The Kier molecular flexibility index (Phi) is 6.42. The smallest absolute Gasteiger partial charge is 0.257 e. The van der Waals surface area contributed by atoms with Crippen LogP contribution in [0.5, 0.6) is 0 Å². The van der Waals surface area contributed by atoms with Crippen LogP contribution in [0, 0.1) is 11.7 Å². The largest absolute Gasteiger partial charge is 0.369 e. The molecule has 0 unspecified atom stereocenters.